The fourth-order valence-electron chi connectivity index (χ4n) is 7.27. The molecule has 43 heavy (non-hydrogen) atoms. The number of hydrogen-bond acceptors (Lipinski definition) is 4. The van der Waals surface area contributed by atoms with Crippen LogP contribution in [-0.4, -0.2) is 44.4 Å². The van der Waals surface area contributed by atoms with E-state index in [2.05, 4.69) is 13.8 Å². The predicted octanol–water partition coefficient (Wildman–Crippen LogP) is 8.75. The first-order valence-corrected chi connectivity index (χ1v) is 17.3. The van der Waals surface area contributed by atoms with E-state index in [0.717, 1.165) is 54.6 Å². The van der Waals surface area contributed by atoms with Crippen molar-refractivity contribution >= 4 is 23.8 Å². The van der Waals surface area contributed by atoms with Gasteiger partial charge in [-0.15, -0.1) is 0 Å². The Morgan fingerprint density at radius 1 is 0.698 bits per heavy atom. The molecule has 0 aromatic heterocycles. The summed E-state index contributed by atoms with van der Waals surface area (Å²) in [4.78, 5) is 54.3. The summed E-state index contributed by atoms with van der Waals surface area (Å²) in [7, 11) is 0. The Labute approximate surface area is 258 Å². The second-order valence-electron chi connectivity index (χ2n) is 12.9. The molecule has 2 N–H and O–H groups in total. The molecule has 0 radical (unpaired) electrons. The number of carbonyl (C=O) groups is 4. The number of amides is 2. The number of carboxylic acids is 2. The Kier molecular flexibility index (Phi) is 14.2. The van der Waals surface area contributed by atoms with Gasteiger partial charge in [0.2, 0.25) is 0 Å². The van der Waals surface area contributed by atoms with E-state index in [1.54, 1.807) is 0 Å². The lowest BCUT2D eigenvalue weighted by Gasteiger charge is -2.43. The van der Waals surface area contributed by atoms with Crippen molar-refractivity contribution in [3.63, 3.8) is 0 Å². The van der Waals surface area contributed by atoms with Gasteiger partial charge in [0.25, 0.3) is 11.8 Å². The van der Waals surface area contributed by atoms with Gasteiger partial charge in [-0.1, -0.05) is 129 Å². The van der Waals surface area contributed by atoms with Gasteiger partial charge in [0, 0.05) is 0 Å². The van der Waals surface area contributed by atoms with E-state index >= 15 is 0 Å². The molecule has 2 atom stereocenters. The van der Waals surface area contributed by atoms with Gasteiger partial charge in [0.1, 0.15) is 0 Å². The number of benzene rings is 1. The molecule has 1 fully saturated rings. The van der Waals surface area contributed by atoms with E-state index in [9.17, 15) is 29.4 Å². The second-order valence-corrected chi connectivity index (χ2v) is 12.9. The highest BCUT2D eigenvalue weighted by Gasteiger charge is 2.61. The van der Waals surface area contributed by atoms with E-state index in [0.29, 0.717) is 36.8 Å². The second kappa shape index (κ2) is 17.6. The average Bonchev–Trinajstić information content (AvgIpc) is 3.26. The Hall–Kier alpha value is -2.70. The maximum atomic E-state index is 14.1. The monoisotopic (exact) mass is 597 g/mol. The molecule has 1 aliphatic carbocycles. The van der Waals surface area contributed by atoms with Crippen LogP contribution in [-0.2, 0) is 22.4 Å². The van der Waals surface area contributed by atoms with E-state index in [-0.39, 0.29) is 12.8 Å². The number of carbonyl (C=O) groups excluding carboxylic acids is 2. The molecular formula is C36H55NO6. The van der Waals surface area contributed by atoms with Crippen LogP contribution in [0.5, 0.6) is 0 Å². The zero-order valence-electron chi connectivity index (χ0n) is 26.8. The van der Waals surface area contributed by atoms with E-state index in [1.807, 2.05) is 12.1 Å². The summed E-state index contributed by atoms with van der Waals surface area (Å²) < 4.78 is 0. The third-order valence-electron chi connectivity index (χ3n) is 9.76. The SMILES string of the molecule is CCCCCCCCCCc1ccc(CCCCCCCCCC)c2c1C(=O)N(C1(C(=O)O)CCCCC1C(=O)O)C2=O. The van der Waals surface area contributed by atoms with Crippen molar-refractivity contribution in [3.8, 4) is 0 Å². The number of aryl methyl sites for hydroxylation is 2. The number of imide groups is 1. The van der Waals surface area contributed by atoms with Crippen LogP contribution < -0.4 is 0 Å². The van der Waals surface area contributed by atoms with Crippen molar-refractivity contribution in [2.24, 2.45) is 5.92 Å². The normalized spacial score (nSPS) is 20.0. The molecule has 2 unspecified atom stereocenters. The van der Waals surface area contributed by atoms with Crippen molar-refractivity contribution in [2.75, 3.05) is 0 Å². The third-order valence-corrected chi connectivity index (χ3v) is 9.76. The molecule has 240 valence electrons. The Bertz CT molecular complexity index is 1040. The molecule has 1 aromatic rings. The first-order chi connectivity index (χ1) is 20.8. The molecule has 2 aliphatic rings. The summed E-state index contributed by atoms with van der Waals surface area (Å²) in [6.45, 7) is 4.42. The molecule has 0 spiro atoms. The lowest BCUT2D eigenvalue weighted by atomic mass is 9.71. The van der Waals surface area contributed by atoms with Gasteiger partial charge < -0.3 is 10.2 Å². The lowest BCUT2D eigenvalue weighted by molar-refractivity contribution is -0.164. The summed E-state index contributed by atoms with van der Waals surface area (Å²) >= 11 is 0. The van der Waals surface area contributed by atoms with E-state index in [1.165, 1.54) is 64.2 Å². The molecule has 1 saturated carbocycles. The highest BCUT2D eigenvalue weighted by Crippen LogP contribution is 2.44. The van der Waals surface area contributed by atoms with E-state index in [4.69, 9.17) is 0 Å². The molecule has 7 nitrogen and oxygen atoms in total. The highest BCUT2D eigenvalue weighted by molar-refractivity contribution is 6.25. The maximum Gasteiger partial charge on any atom is 0.331 e. The predicted molar refractivity (Wildman–Crippen MR) is 170 cm³/mol. The quantitative estimate of drug-likeness (QED) is 0.108. The molecule has 3 rings (SSSR count). The Balaban J connectivity index is 1.83. The minimum absolute atomic E-state index is 0.0362. The van der Waals surface area contributed by atoms with Crippen LogP contribution in [0.15, 0.2) is 12.1 Å². The number of fused-ring (bicyclic) bond motifs is 1. The van der Waals surface area contributed by atoms with Crippen LogP contribution in [0.25, 0.3) is 0 Å². The number of rotatable bonds is 21. The van der Waals surface area contributed by atoms with Crippen LogP contribution in [0, 0.1) is 5.92 Å². The zero-order chi connectivity index (χ0) is 31.2. The van der Waals surface area contributed by atoms with Crippen molar-refractivity contribution in [1.29, 1.82) is 0 Å². The summed E-state index contributed by atoms with van der Waals surface area (Å²) in [5.41, 5.74) is 0.137. The van der Waals surface area contributed by atoms with Gasteiger partial charge in [0.15, 0.2) is 5.54 Å². The van der Waals surface area contributed by atoms with Gasteiger partial charge in [-0.25, -0.2) is 4.79 Å². The third kappa shape index (κ3) is 8.48. The van der Waals surface area contributed by atoms with Crippen molar-refractivity contribution in [2.45, 2.75) is 161 Å². The zero-order valence-corrected chi connectivity index (χ0v) is 26.8. The van der Waals surface area contributed by atoms with Crippen molar-refractivity contribution < 1.29 is 29.4 Å². The first kappa shape index (κ1) is 34.8. The number of carboxylic acid groups (broad SMARTS) is 2. The number of hydrogen-bond donors (Lipinski definition) is 2. The summed E-state index contributed by atoms with van der Waals surface area (Å²) in [5, 5.41) is 20.5. The van der Waals surface area contributed by atoms with Crippen LogP contribution in [0.2, 0.25) is 0 Å². The first-order valence-electron chi connectivity index (χ1n) is 17.3. The lowest BCUT2D eigenvalue weighted by Crippen LogP contribution is -2.64. The van der Waals surface area contributed by atoms with Crippen LogP contribution >= 0.6 is 0 Å². The molecule has 1 aliphatic heterocycles. The van der Waals surface area contributed by atoms with Crippen molar-refractivity contribution in [3.05, 3.63) is 34.4 Å². The molecule has 0 saturated heterocycles. The fourth-order valence-corrected chi connectivity index (χ4v) is 7.27. The maximum absolute atomic E-state index is 14.1. The smallest absolute Gasteiger partial charge is 0.331 e. The van der Waals surface area contributed by atoms with Crippen LogP contribution in [0.1, 0.15) is 174 Å². The largest absolute Gasteiger partial charge is 0.481 e. The Morgan fingerprint density at radius 2 is 1.12 bits per heavy atom. The van der Waals surface area contributed by atoms with Gasteiger partial charge in [-0.2, -0.15) is 0 Å². The van der Waals surface area contributed by atoms with Crippen molar-refractivity contribution in [1.82, 2.24) is 4.90 Å². The van der Waals surface area contributed by atoms with Gasteiger partial charge in [-0.05, 0) is 49.7 Å². The molecule has 1 heterocycles. The molecule has 7 heteroatoms. The Morgan fingerprint density at radius 3 is 1.51 bits per heavy atom. The molecule has 2 amide bonds. The van der Waals surface area contributed by atoms with Crippen LogP contribution in [0.3, 0.4) is 0 Å². The summed E-state index contributed by atoms with van der Waals surface area (Å²) in [6, 6.07) is 3.91. The number of aliphatic carboxylic acids is 2. The molecule has 1 aromatic carbocycles. The average molecular weight is 598 g/mol. The standard InChI is InChI=1S/C36H55NO6/c1-3-5-7-9-11-13-15-17-21-27-24-25-28(22-18-16-14-12-10-8-6-4-2)31-30(27)32(38)37(33(31)39)36(35(42)43)26-20-19-23-29(36)34(40)41/h24-25,29H,3-23,26H2,1-2H3,(H,40,41)(H,42,43). The minimum Gasteiger partial charge on any atom is -0.481 e. The molecular weight excluding hydrogens is 542 g/mol. The number of unbranched alkanes of at least 4 members (excludes halogenated alkanes) is 14. The van der Waals surface area contributed by atoms with E-state index < -0.39 is 35.2 Å². The minimum atomic E-state index is -2.07. The van der Waals surface area contributed by atoms with Gasteiger partial charge in [0.05, 0.1) is 17.0 Å². The summed E-state index contributed by atoms with van der Waals surface area (Å²) in [6.07, 6.45) is 20.9. The molecule has 0 bridgehead atoms. The highest BCUT2D eigenvalue weighted by atomic mass is 16.4. The topological polar surface area (TPSA) is 112 Å². The van der Waals surface area contributed by atoms with Crippen LogP contribution in [0.4, 0.5) is 0 Å². The van der Waals surface area contributed by atoms with Gasteiger partial charge in [-0.3, -0.25) is 19.3 Å². The van der Waals surface area contributed by atoms with Gasteiger partial charge >= 0.3 is 11.9 Å². The fraction of sp³-hybridized carbons (Fsp3) is 0.722. The number of nitrogens with zero attached hydrogens (tertiary/aromatic N) is 1. The summed E-state index contributed by atoms with van der Waals surface area (Å²) in [5.74, 6) is -5.24.